The molecule has 0 aliphatic heterocycles. The fourth-order valence-corrected chi connectivity index (χ4v) is 2.53. The number of hydrogen-bond donors (Lipinski definition) is 2. The van der Waals surface area contributed by atoms with Crippen molar-refractivity contribution in [1.82, 2.24) is 9.78 Å². The highest BCUT2D eigenvalue weighted by molar-refractivity contribution is 9.10. The van der Waals surface area contributed by atoms with Gasteiger partial charge in [-0.25, -0.2) is 4.79 Å². The highest BCUT2D eigenvalue weighted by Crippen LogP contribution is 2.23. The summed E-state index contributed by atoms with van der Waals surface area (Å²) in [5.74, 6) is -0.465. The number of halogens is 1. The Balaban J connectivity index is 2.17. The van der Waals surface area contributed by atoms with E-state index in [1.807, 2.05) is 20.8 Å². The molecule has 1 atom stereocenters. The second kappa shape index (κ2) is 7.04. The SMILES string of the molecule is Cc1nn(C(C)C(=O)O/N=C(\N)c2cccc(N)c2C)c(C)c1Br. The van der Waals surface area contributed by atoms with Crippen LogP contribution in [0.3, 0.4) is 0 Å². The first-order valence-electron chi connectivity index (χ1n) is 7.35. The molecule has 2 rings (SSSR count). The van der Waals surface area contributed by atoms with Crippen molar-refractivity contribution in [3.8, 4) is 0 Å². The van der Waals surface area contributed by atoms with Gasteiger partial charge in [-0.1, -0.05) is 17.3 Å². The number of oxime groups is 1. The van der Waals surface area contributed by atoms with Crippen molar-refractivity contribution in [3.63, 3.8) is 0 Å². The van der Waals surface area contributed by atoms with Gasteiger partial charge in [-0.2, -0.15) is 5.10 Å². The van der Waals surface area contributed by atoms with Crippen molar-refractivity contribution in [3.05, 3.63) is 45.2 Å². The molecule has 0 radical (unpaired) electrons. The first-order valence-corrected chi connectivity index (χ1v) is 8.14. The van der Waals surface area contributed by atoms with Crippen LogP contribution in [-0.2, 0) is 9.63 Å². The predicted octanol–water partition coefficient (Wildman–Crippen LogP) is 2.58. The molecular formula is C16H20BrN5O2. The number of carbonyl (C=O) groups is 1. The van der Waals surface area contributed by atoms with Gasteiger partial charge in [-0.3, -0.25) is 4.68 Å². The number of aromatic nitrogens is 2. The van der Waals surface area contributed by atoms with E-state index in [0.717, 1.165) is 21.4 Å². The van der Waals surface area contributed by atoms with E-state index < -0.39 is 12.0 Å². The molecular weight excluding hydrogens is 374 g/mol. The molecule has 0 saturated heterocycles. The lowest BCUT2D eigenvalue weighted by Gasteiger charge is -2.12. The molecule has 7 nitrogen and oxygen atoms in total. The summed E-state index contributed by atoms with van der Waals surface area (Å²) in [4.78, 5) is 17.2. The Labute approximate surface area is 148 Å². The molecule has 0 spiro atoms. The van der Waals surface area contributed by atoms with Gasteiger partial charge in [-0.05, 0) is 55.3 Å². The number of aryl methyl sites for hydroxylation is 1. The normalized spacial score (nSPS) is 13.0. The lowest BCUT2D eigenvalue weighted by atomic mass is 10.1. The molecule has 0 bridgehead atoms. The quantitative estimate of drug-likeness (QED) is 0.272. The molecule has 8 heteroatoms. The van der Waals surface area contributed by atoms with Gasteiger partial charge in [0.05, 0.1) is 15.9 Å². The largest absolute Gasteiger partial charge is 0.398 e. The summed E-state index contributed by atoms with van der Waals surface area (Å²) in [5.41, 5.74) is 15.4. The first kappa shape index (κ1) is 18.0. The van der Waals surface area contributed by atoms with Crippen molar-refractivity contribution in [2.75, 3.05) is 5.73 Å². The lowest BCUT2D eigenvalue weighted by Crippen LogP contribution is -2.22. The average Bonchev–Trinajstić information content (AvgIpc) is 2.81. The van der Waals surface area contributed by atoms with E-state index in [9.17, 15) is 4.79 Å². The number of carbonyl (C=O) groups excluding carboxylic acids is 1. The third-order valence-electron chi connectivity index (χ3n) is 3.83. The topological polar surface area (TPSA) is 109 Å². The van der Waals surface area contributed by atoms with Crippen molar-refractivity contribution in [1.29, 1.82) is 0 Å². The molecule has 0 saturated carbocycles. The van der Waals surface area contributed by atoms with Crippen LogP contribution in [-0.4, -0.2) is 21.6 Å². The van der Waals surface area contributed by atoms with Crippen LogP contribution in [0.25, 0.3) is 0 Å². The Morgan fingerprint density at radius 1 is 1.38 bits per heavy atom. The summed E-state index contributed by atoms with van der Waals surface area (Å²) in [7, 11) is 0. The minimum Gasteiger partial charge on any atom is -0.398 e. The van der Waals surface area contributed by atoms with Crippen LogP contribution in [0, 0.1) is 20.8 Å². The third kappa shape index (κ3) is 3.43. The number of amidine groups is 1. The van der Waals surface area contributed by atoms with Gasteiger partial charge in [0.1, 0.15) is 6.04 Å². The fraction of sp³-hybridized carbons (Fsp3) is 0.312. The summed E-state index contributed by atoms with van der Waals surface area (Å²) in [5, 5.41) is 8.05. The van der Waals surface area contributed by atoms with E-state index >= 15 is 0 Å². The standard InChI is InChI=1S/C16H20BrN5O2/c1-8-12(6-5-7-13(8)18)15(19)21-24-16(23)11(4)22-10(3)14(17)9(2)20-22/h5-7,11H,18H2,1-4H3,(H2,19,21). The van der Waals surface area contributed by atoms with Crippen LogP contribution in [0.4, 0.5) is 5.69 Å². The highest BCUT2D eigenvalue weighted by atomic mass is 79.9. The molecule has 128 valence electrons. The number of rotatable bonds is 4. The Morgan fingerprint density at radius 3 is 2.62 bits per heavy atom. The van der Waals surface area contributed by atoms with Gasteiger partial charge in [0.25, 0.3) is 0 Å². The molecule has 2 aromatic rings. The lowest BCUT2D eigenvalue weighted by molar-refractivity contribution is -0.147. The minimum absolute atomic E-state index is 0.0925. The van der Waals surface area contributed by atoms with Gasteiger partial charge in [0, 0.05) is 11.3 Å². The zero-order valence-corrected chi connectivity index (χ0v) is 15.6. The molecule has 1 aromatic carbocycles. The number of nitrogens with two attached hydrogens (primary N) is 2. The summed E-state index contributed by atoms with van der Waals surface area (Å²) in [6, 6.07) is 4.66. The predicted molar refractivity (Wildman–Crippen MR) is 96.5 cm³/mol. The van der Waals surface area contributed by atoms with Gasteiger partial charge in [0.2, 0.25) is 0 Å². The van der Waals surface area contributed by atoms with Crippen LogP contribution in [0.1, 0.15) is 35.5 Å². The number of benzene rings is 1. The van der Waals surface area contributed by atoms with Gasteiger partial charge in [0.15, 0.2) is 5.84 Å². The smallest absolute Gasteiger partial charge is 0.359 e. The Kier molecular flexibility index (Phi) is 5.28. The Hall–Kier alpha value is -2.35. The number of nitrogen functional groups attached to an aromatic ring is 1. The zero-order valence-electron chi connectivity index (χ0n) is 14.0. The van der Waals surface area contributed by atoms with Crippen molar-refractivity contribution < 1.29 is 9.63 Å². The van der Waals surface area contributed by atoms with Gasteiger partial charge in [-0.15, -0.1) is 0 Å². The third-order valence-corrected chi connectivity index (χ3v) is 4.98. The summed E-state index contributed by atoms with van der Waals surface area (Å²) >= 11 is 3.43. The van der Waals surface area contributed by atoms with Crippen molar-refractivity contribution >= 4 is 33.4 Å². The minimum atomic E-state index is -0.631. The molecule has 24 heavy (non-hydrogen) atoms. The number of hydrogen-bond acceptors (Lipinski definition) is 5. The molecule has 0 fully saturated rings. The van der Waals surface area contributed by atoms with E-state index in [2.05, 4.69) is 26.2 Å². The molecule has 0 aliphatic carbocycles. The summed E-state index contributed by atoms with van der Waals surface area (Å²) in [6.07, 6.45) is 0. The van der Waals surface area contributed by atoms with Crippen LogP contribution < -0.4 is 11.5 Å². The number of anilines is 1. The van der Waals surface area contributed by atoms with Crippen LogP contribution in [0.2, 0.25) is 0 Å². The molecule has 0 amide bonds. The van der Waals surface area contributed by atoms with Gasteiger partial charge >= 0.3 is 5.97 Å². The first-order chi connectivity index (χ1) is 11.2. The fourth-order valence-electron chi connectivity index (χ4n) is 2.27. The molecule has 0 aliphatic rings. The van der Waals surface area contributed by atoms with E-state index in [4.69, 9.17) is 16.3 Å². The summed E-state index contributed by atoms with van der Waals surface area (Å²) in [6.45, 7) is 7.22. The maximum Gasteiger partial charge on any atom is 0.359 e. The van der Waals surface area contributed by atoms with E-state index in [-0.39, 0.29) is 5.84 Å². The number of nitrogens with zero attached hydrogens (tertiary/aromatic N) is 3. The molecule has 4 N–H and O–H groups in total. The van der Waals surface area contributed by atoms with Gasteiger partial charge < -0.3 is 16.3 Å². The zero-order chi connectivity index (χ0) is 18.0. The van der Waals surface area contributed by atoms with Crippen molar-refractivity contribution in [2.45, 2.75) is 33.7 Å². The van der Waals surface area contributed by atoms with Crippen molar-refractivity contribution in [2.24, 2.45) is 10.9 Å². The molecule has 1 heterocycles. The highest BCUT2D eigenvalue weighted by Gasteiger charge is 2.22. The Bertz CT molecular complexity index is 813. The van der Waals surface area contributed by atoms with E-state index in [1.54, 1.807) is 29.8 Å². The average molecular weight is 394 g/mol. The second-order valence-corrected chi connectivity index (χ2v) is 6.30. The maximum atomic E-state index is 12.2. The van der Waals surface area contributed by atoms with E-state index in [0.29, 0.717) is 11.3 Å². The molecule has 1 aromatic heterocycles. The van der Waals surface area contributed by atoms with Crippen LogP contribution in [0.5, 0.6) is 0 Å². The monoisotopic (exact) mass is 393 g/mol. The maximum absolute atomic E-state index is 12.2. The molecule has 1 unspecified atom stereocenters. The van der Waals surface area contributed by atoms with E-state index in [1.165, 1.54) is 0 Å². The second-order valence-electron chi connectivity index (χ2n) is 5.51. The summed E-state index contributed by atoms with van der Waals surface area (Å²) < 4.78 is 2.44. The van der Waals surface area contributed by atoms with Crippen LogP contribution >= 0.6 is 15.9 Å². The Morgan fingerprint density at radius 2 is 2.04 bits per heavy atom. The van der Waals surface area contributed by atoms with Crippen LogP contribution in [0.15, 0.2) is 27.8 Å².